The van der Waals surface area contributed by atoms with Gasteiger partial charge in [0.15, 0.2) is 12.1 Å². The van der Waals surface area contributed by atoms with Gasteiger partial charge >= 0.3 is 6.03 Å². The fraction of sp³-hybridized carbons (Fsp3) is 0.429. The van der Waals surface area contributed by atoms with Crippen molar-refractivity contribution in [3.63, 3.8) is 0 Å². The molecule has 2 amide bonds. The van der Waals surface area contributed by atoms with Crippen LogP contribution in [0.3, 0.4) is 0 Å². The maximum Gasteiger partial charge on any atom is 0.319 e. The van der Waals surface area contributed by atoms with E-state index in [2.05, 4.69) is 22.5 Å². The molecule has 9 heteroatoms. The van der Waals surface area contributed by atoms with Gasteiger partial charge in [-0.15, -0.1) is 0 Å². The topological polar surface area (TPSA) is 120 Å². The number of Topliss-reactive ketones (excluding diaryl/α,β-unsaturated/α-hetero) is 1. The molecule has 9 nitrogen and oxygen atoms in total. The van der Waals surface area contributed by atoms with Gasteiger partial charge in [-0.25, -0.2) is 4.79 Å². The number of hydrogen-bond donors (Lipinski definition) is 4. The van der Waals surface area contributed by atoms with Gasteiger partial charge in [0.25, 0.3) is 0 Å². The highest BCUT2D eigenvalue weighted by atomic mass is 16.7. The average Bonchev–Trinajstić information content (AvgIpc) is 3.49. The molecule has 4 N–H and O–H groups in total. The zero-order valence-electron chi connectivity index (χ0n) is 25.4. The number of aliphatic hydroxyl groups excluding tert-OH is 2. The number of rotatable bonds is 11. The molecule has 2 aliphatic rings. The zero-order valence-corrected chi connectivity index (χ0v) is 25.4. The SMILES string of the molecule is CC(=O)C(Cc1ccccc1)NC(=O)Nc1cccc(C2OC(CN3CCCC3CO)C(C)C(c3ccc(CO)cc3)O2)c1. The number of anilines is 1. The van der Waals surface area contributed by atoms with Crippen molar-refractivity contribution in [1.82, 2.24) is 10.2 Å². The molecule has 0 bridgehead atoms. The van der Waals surface area contributed by atoms with Crippen LogP contribution < -0.4 is 10.6 Å². The van der Waals surface area contributed by atoms with Crippen molar-refractivity contribution < 1.29 is 29.3 Å². The molecular formula is C35H43N3O6. The molecule has 6 atom stereocenters. The van der Waals surface area contributed by atoms with Crippen LogP contribution in [0.1, 0.15) is 61.3 Å². The van der Waals surface area contributed by atoms with Crippen LogP contribution in [-0.4, -0.2) is 64.8 Å². The summed E-state index contributed by atoms with van der Waals surface area (Å²) in [6, 6.07) is 23.7. The number of ketones is 1. The fourth-order valence-corrected chi connectivity index (χ4v) is 6.14. The van der Waals surface area contributed by atoms with E-state index in [0.29, 0.717) is 18.7 Å². The average molecular weight is 602 g/mol. The van der Waals surface area contributed by atoms with Crippen LogP contribution in [0.5, 0.6) is 0 Å². The molecule has 5 rings (SSSR count). The number of amides is 2. The number of nitrogens with one attached hydrogen (secondary N) is 2. The van der Waals surface area contributed by atoms with Gasteiger partial charge in [-0.3, -0.25) is 9.69 Å². The highest BCUT2D eigenvalue weighted by Crippen LogP contribution is 2.42. The number of ether oxygens (including phenoxy) is 2. The molecule has 44 heavy (non-hydrogen) atoms. The normalized spacial score (nSPS) is 24.5. The zero-order chi connectivity index (χ0) is 31.1. The van der Waals surface area contributed by atoms with Gasteiger partial charge in [-0.05, 0) is 61.6 Å². The van der Waals surface area contributed by atoms with Crippen molar-refractivity contribution in [2.45, 2.75) is 70.3 Å². The van der Waals surface area contributed by atoms with Gasteiger partial charge in [0.1, 0.15) is 0 Å². The monoisotopic (exact) mass is 601 g/mol. The van der Waals surface area contributed by atoms with E-state index in [4.69, 9.17) is 9.47 Å². The van der Waals surface area contributed by atoms with Crippen LogP contribution in [0, 0.1) is 5.92 Å². The van der Waals surface area contributed by atoms with E-state index in [0.717, 1.165) is 41.6 Å². The van der Waals surface area contributed by atoms with Crippen LogP contribution in [0.2, 0.25) is 0 Å². The molecule has 2 heterocycles. The molecule has 6 unspecified atom stereocenters. The molecule has 234 valence electrons. The molecule has 2 fully saturated rings. The van der Waals surface area contributed by atoms with Gasteiger partial charge < -0.3 is 30.3 Å². The molecule has 3 aromatic carbocycles. The number of carbonyl (C=O) groups excluding carboxylic acids is 2. The summed E-state index contributed by atoms with van der Waals surface area (Å²) in [6.07, 6.45) is 1.29. The number of nitrogens with zero attached hydrogens (tertiary/aromatic N) is 1. The minimum absolute atomic E-state index is 0.0198. The molecule has 0 saturated carbocycles. The highest BCUT2D eigenvalue weighted by molar-refractivity contribution is 5.93. The lowest BCUT2D eigenvalue weighted by atomic mass is 9.90. The largest absolute Gasteiger partial charge is 0.395 e. The van der Waals surface area contributed by atoms with Crippen molar-refractivity contribution >= 4 is 17.5 Å². The number of benzene rings is 3. The van der Waals surface area contributed by atoms with Crippen molar-refractivity contribution in [2.24, 2.45) is 5.92 Å². The molecule has 0 spiro atoms. The smallest absolute Gasteiger partial charge is 0.319 e. The minimum atomic E-state index is -0.693. The summed E-state index contributed by atoms with van der Waals surface area (Å²) in [5, 5.41) is 25.1. The van der Waals surface area contributed by atoms with Crippen molar-refractivity contribution in [1.29, 1.82) is 0 Å². The van der Waals surface area contributed by atoms with E-state index in [1.807, 2.05) is 72.8 Å². The Labute approximate surface area is 259 Å². The maximum absolute atomic E-state index is 13.0. The second-order valence-corrected chi connectivity index (χ2v) is 11.9. The first-order valence-electron chi connectivity index (χ1n) is 15.4. The third kappa shape index (κ3) is 7.91. The van der Waals surface area contributed by atoms with E-state index >= 15 is 0 Å². The summed E-state index contributed by atoms with van der Waals surface area (Å²) < 4.78 is 13.2. The van der Waals surface area contributed by atoms with E-state index < -0.39 is 18.4 Å². The standard InChI is InChI=1S/C35H43N3O6/c1-23-32(20-38-17-7-12-30(38)22-40)43-34(44-33(23)27-15-13-26(21-39)14-16-27)28-10-6-11-29(19-28)36-35(42)37-31(24(2)41)18-25-8-4-3-5-9-25/h3-6,8-11,13-16,19,23,30-34,39-40H,7,12,17-18,20-22H2,1-2H3,(H2,36,37,42). The van der Waals surface area contributed by atoms with Gasteiger partial charge in [0.2, 0.25) is 0 Å². The van der Waals surface area contributed by atoms with Crippen molar-refractivity contribution in [3.8, 4) is 0 Å². The first-order valence-corrected chi connectivity index (χ1v) is 15.4. The third-order valence-corrected chi connectivity index (χ3v) is 8.74. The predicted octanol–water partition coefficient (Wildman–Crippen LogP) is 4.75. The lowest BCUT2D eigenvalue weighted by molar-refractivity contribution is -0.276. The van der Waals surface area contributed by atoms with Crippen molar-refractivity contribution in [2.75, 3.05) is 25.0 Å². The molecule has 2 aliphatic heterocycles. The van der Waals surface area contributed by atoms with Crippen LogP contribution >= 0.6 is 0 Å². The number of likely N-dealkylation sites (tertiary alicyclic amines) is 1. The van der Waals surface area contributed by atoms with Gasteiger partial charge in [0, 0.05) is 29.8 Å². The van der Waals surface area contributed by atoms with Crippen LogP contribution in [0.4, 0.5) is 10.5 Å². The molecule has 3 aromatic rings. The molecule has 0 aromatic heterocycles. The molecule has 0 radical (unpaired) electrons. The second-order valence-electron chi connectivity index (χ2n) is 11.9. The van der Waals surface area contributed by atoms with Gasteiger partial charge in [-0.2, -0.15) is 0 Å². The summed E-state index contributed by atoms with van der Waals surface area (Å²) >= 11 is 0. The number of carbonyl (C=O) groups is 2. The predicted molar refractivity (Wildman–Crippen MR) is 168 cm³/mol. The van der Waals surface area contributed by atoms with Crippen LogP contribution in [-0.2, 0) is 27.3 Å². The maximum atomic E-state index is 13.0. The van der Waals surface area contributed by atoms with Gasteiger partial charge in [-0.1, -0.05) is 73.7 Å². The van der Waals surface area contributed by atoms with Gasteiger partial charge in [0.05, 0.1) is 31.5 Å². The number of urea groups is 1. The Morgan fingerprint density at radius 1 is 0.955 bits per heavy atom. The van der Waals surface area contributed by atoms with Crippen LogP contribution in [0.25, 0.3) is 0 Å². The van der Waals surface area contributed by atoms with E-state index in [9.17, 15) is 19.8 Å². The Kier molecular flexibility index (Phi) is 10.8. The molecule has 0 aliphatic carbocycles. The summed E-state index contributed by atoms with van der Waals surface area (Å²) in [7, 11) is 0. The van der Waals surface area contributed by atoms with E-state index in [-0.39, 0.29) is 43.2 Å². The quantitative estimate of drug-likeness (QED) is 0.250. The second kappa shape index (κ2) is 14.9. The lowest BCUT2D eigenvalue weighted by Crippen LogP contribution is -2.46. The number of aliphatic hydroxyl groups is 2. The molecule has 2 saturated heterocycles. The molecular weight excluding hydrogens is 558 g/mol. The lowest BCUT2D eigenvalue weighted by Gasteiger charge is -2.43. The fourth-order valence-electron chi connectivity index (χ4n) is 6.14. The summed E-state index contributed by atoms with van der Waals surface area (Å²) in [6.45, 7) is 5.28. The van der Waals surface area contributed by atoms with Crippen molar-refractivity contribution in [3.05, 3.63) is 101 Å². The first kappa shape index (κ1) is 31.8. The van der Waals surface area contributed by atoms with E-state index in [1.54, 1.807) is 6.07 Å². The Balaban J connectivity index is 1.32. The Hall–Kier alpha value is -3.60. The Morgan fingerprint density at radius 2 is 1.73 bits per heavy atom. The third-order valence-electron chi connectivity index (χ3n) is 8.74. The van der Waals surface area contributed by atoms with E-state index in [1.165, 1.54) is 6.92 Å². The summed E-state index contributed by atoms with van der Waals surface area (Å²) in [5.74, 6) is -0.104. The first-order chi connectivity index (χ1) is 21.3. The number of hydrogen-bond acceptors (Lipinski definition) is 7. The summed E-state index contributed by atoms with van der Waals surface area (Å²) in [5.41, 5.74) is 4.09. The Bertz CT molecular complexity index is 1380. The van der Waals surface area contributed by atoms with Crippen LogP contribution in [0.15, 0.2) is 78.9 Å². The highest BCUT2D eigenvalue weighted by Gasteiger charge is 2.40. The minimum Gasteiger partial charge on any atom is -0.395 e. The summed E-state index contributed by atoms with van der Waals surface area (Å²) in [4.78, 5) is 27.6. The Morgan fingerprint density at radius 3 is 2.43 bits per heavy atom.